The fraction of sp³-hybridized carbons (Fsp3) is 0.654. The second-order valence-corrected chi connectivity index (χ2v) is 12.2. The number of aromatic hydroxyl groups is 1. The second kappa shape index (κ2) is 8.53. The molecule has 164 valence electrons. The van der Waals surface area contributed by atoms with Crippen molar-refractivity contribution in [3.63, 3.8) is 0 Å². The van der Waals surface area contributed by atoms with Crippen LogP contribution in [0.3, 0.4) is 0 Å². The highest BCUT2D eigenvalue weighted by atomic mass is 16.3. The summed E-state index contributed by atoms with van der Waals surface area (Å²) in [4.78, 5) is 11.7. The van der Waals surface area contributed by atoms with Crippen molar-refractivity contribution in [2.24, 2.45) is 10.8 Å². The molecular formula is C26H43NO2. The fourth-order valence-corrected chi connectivity index (χ4v) is 4.93. The van der Waals surface area contributed by atoms with E-state index in [-0.39, 0.29) is 27.6 Å². The molecule has 0 spiro atoms. The van der Waals surface area contributed by atoms with Crippen LogP contribution in [0.25, 0.3) is 0 Å². The number of benzene rings is 1. The van der Waals surface area contributed by atoms with Gasteiger partial charge in [-0.05, 0) is 58.3 Å². The van der Waals surface area contributed by atoms with E-state index in [1.54, 1.807) is 0 Å². The van der Waals surface area contributed by atoms with Crippen molar-refractivity contribution in [3.8, 4) is 5.75 Å². The maximum absolute atomic E-state index is 11.7. The molecule has 0 saturated heterocycles. The molecule has 29 heavy (non-hydrogen) atoms. The summed E-state index contributed by atoms with van der Waals surface area (Å²) in [5.41, 5.74) is 2.77. The Morgan fingerprint density at radius 3 is 1.59 bits per heavy atom. The maximum atomic E-state index is 11.7. The molecule has 3 heteroatoms. The quantitative estimate of drug-likeness (QED) is 0.504. The van der Waals surface area contributed by atoms with Crippen LogP contribution in [-0.4, -0.2) is 11.0 Å². The number of phenolic OH excluding ortho intramolecular Hbond substituents is 1. The zero-order valence-corrected chi connectivity index (χ0v) is 20.4. The van der Waals surface area contributed by atoms with Gasteiger partial charge in [0.1, 0.15) is 5.75 Å². The van der Waals surface area contributed by atoms with Crippen molar-refractivity contribution in [2.45, 2.75) is 99.5 Å². The Morgan fingerprint density at radius 1 is 0.897 bits per heavy atom. The molecule has 0 unspecified atom stereocenters. The minimum absolute atomic E-state index is 0.129. The minimum atomic E-state index is -0.201. The molecule has 0 bridgehead atoms. The number of hydrogen-bond acceptors (Lipinski definition) is 2. The van der Waals surface area contributed by atoms with Gasteiger partial charge in [-0.15, -0.1) is 0 Å². The van der Waals surface area contributed by atoms with Crippen LogP contribution in [0.2, 0.25) is 0 Å². The number of carbonyl (C=O) groups excluding carboxylic acids is 1. The maximum Gasteiger partial charge on any atom is 0.243 e. The third-order valence-electron chi connectivity index (χ3n) is 5.22. The smallest absolute Gasteiger partial charge is 0.243 e. The summed E-state index contributed by atoms with van der Waals surface area (Å²) >= 11 is 0. The lowest BCUT2D eigenvalue weighted by atomic mass is 9.68. The van der Waals surface area contributed by atoms with Gasteiger partial charge in [-0.2, -0.15) is 0 Å². The average Bonchev–Trinajstić information content (AvgIpc) is 2.48. The SMILES string of the molecule is C=CC(=O)NCc1cc(C(C)(C)CC(C)(C)C)c(O)c(C(C)(C)CC(C)(C)C)c1. The zero-order chi connectivity index (χ0) is 22.8. The van der Waals surface area contributed by atoms with Crippen molar-refractivity contribution < 1.29 is 9.90 Å². The highest BCUT2D eigenvalue weighted by Gasteiger charge is 2.35. The van der Waals surface area contributed by atoms with E-state index < -0.39 is 0 Å². The van der Waals surface area contributed by atoms with Crippen molar-refractivity contribution >= 4 is 5.91 Å². The van der Waals surface area contributed by atoms with E-state index >= 15 is 0 Å². The van der Waals surface area contributed by atoms with Crippen LogP contribution in [0, 0.1) is 10.8 Å². The van der Waals surface area contributed by atoms with Crippen LogP contribution in [0.15, 0.2) is 24.8 Å². The highest BCUT2D eigenvalue weighted by molar-refractivity contribution is 5.86. The lowest BCUT2D eigenvalue weighted by molar-refractivity contribution is -0.116. The molecule has 1 aromatic rings. The van der Waals surface area contributed by atoms with E-state index in [4.69, 9.17) is 0 Å². The zero-order valence-electron chi connectivity index (χ0n) is 20.4. The molecule has 0 saturated carbocycles. The van der Waals surface area contributed by atoms with Crippen LogP contribution in [0.4, 0.5) is 0 Å². The van der Waals surface area contributed by atoms with E-state index in [0.29, 0.717) is 12.3 Å². The summed E-state index contributed by atoms with van der Waals surface area (Å²) < 4.78 is 0. The normalized spacial score (nSPS) is 13.3. The first-order valence-corrected chi connectivity index (χ1v) is 10.7. The molecule has 1 rings (SSSR count). The summed E-state index contributed by atoms with van der Waals surface area (Å²) in [5, 5.41) is 14.3. The van der Waals surface area contributed by atoms with E-state index in [2.05, 4.69) is 93.3 Å². The van der Waals surface area contributed by atoms with Gasteiger partial charge < -0.3 is 10.4 Å². The van der Waals surface area contributed by atoms with Crippen molar-refractivity contribution in [1.82, 2.24) is 5.32 Å². The summed E-state index contributed by atoms with van der Waals surface area (Å²) in [6, 6.07) is 4.11. The minimum Gasteiger partial charge on any atom is -0.507 e. The van der Waals surface area contributed by atoms with Gasteiger partial charge in [-0.1, -0.05) is 75.8 Å². The van der Waals surface area contributed by atoms with Gasteiger partial charge in [0.15, 0.2) is 0 Å². The third kappa shape index (κ3) is 7.53. The Morgan fingerprint density at radius 2 is 1.28 bits per heavy atom. The molecule has 0 radical (unpaired) electrons. The Balaban J connectivity index is 3.58. The number of carbonyl (C=O) groups is 1. The Labute approximate surface area is 179 Å². The Kier molecular flexibility index (Phi) is 7.44. The summed E-state index contributed by atoms with van der Waals surface area (Å²) in [5.74, 6) is 0.205. The van der Waals surface area contributed by atoms with Gasteiger partial charge in [-0.3, -0.25) is 4.79 Å². The van der Waals surface area contributed by atoms with E-state index in [9.17, 15) is 9.90 Å². The summed E-state index contributed by atoms with van der Waals surface area (Å²) in [6.07, 6.45) is 3.17. The van der Waals surface area contributed by atoms with Crippen LogP contribution in [-0.2, 0) is 22.2 Å². The summed E-state index contributed by atoms with van der Waals surface area (Å²) in [7, 11) is 0. The number of amides is 1. The Bertz CT molecular complexity index is 694. The van der Waals surface area contributed by atoms with Crippen LogP contribution in [0.5, 0.6) is 5.75 Å². The van der Waals surface area contributed by atoms with Gasteiger partial charge in [0.2, 0.25) is 5.91 Å². The first-order valence-electron chi connectivity index (χ1n) is 10.7. The first-order chi connectivity index (χ1) is 12.9. The molecule has 2 N–H and O–H groups in total. The highest BCUT2D eigenvalue weighted by Crippen LogP contribution is 2.46. The first kappa shape index (κ1) is 25.3. The largest absolute Gasteiger partial charge is 0.507 e. The van der Waals surface area contributed by atoms with Gasteiger partial charge in [0.05, 0.1) is 0 Å². The monoisotopic (exact) mass is 401 g/mol. The molecule has 0 heterocycles. The molecule has 3 nitrogen and oxygen atoms in total. The number of phenols is 1. The number of hydrogen-bond donors (Lipinski definition) is 2. The third-order valence-corrected chi connectivity index (χ3v) is 5.22. The van der Waals surface area contributed by atoms with E-state index in [0.717, 1.165) is 29.5 Å². The van der Waals surface area contributed by atoms with E-state index in [1.807, 2.05) is 0 Å². The van der Waals surface area contributed by atoms with Gasteiger partial charge >= 0.3 is 0 Å². The van der Waals surface area contributed by atoms with Crippen LogP contribution in [0.1, 0.15) is 98.8 Å². The van der Waals surface area contributed by atoms with Crippen molar-refractivity contribution in [2.75, 3.05) is 0 Å². The molecule has 0 fully saturated rings. The van der Waals surface area contributed by atoms with E-state index in [1.165, 1.54) is 6.08 Å². The van der Waals surface area contributed by atoms with Crippen LogP contribution >= 0.6 is 0 Å². The number of rotatable bonds is 7. The van der Waals surface area contributed by atoms with Crippen molar-refractivity contribution in [1.29, 1.82) is 0 Å². The average molecular weight is 402 g/mol. The number of nitrogens with one attached hydrogen (secondary N) is 1. The molecule has 0 aromatic heterocycles. The molecule has 1 amide bonds. The predicted octanol–water partition coefficient (Wildman–Crippen LogP) is 6.62. The molecule has 1 aromatic carbocycles. The predicted molar refractivity (Wildman–Crippen MR) is 124 cm³/mol. The van der Waals surface area contributed by atoms with Gasteiger partial charge in [0.25, 0.3) is 0 Å². The van der Waals surface area contributed by atoms with Crippen molar-refractivity contribution in [3.05, 3.63) is 41.5 Å². The van der Waals surface area contributed by atoms with Gasteiger partial charge in [0, 0.05) is 17.7 Å². The molecular weight excluding hydrogens is 358 g/mol. The molecule has 0 aliphatic heterocycles. The standard InChI is InChI=1S/C26H43NO2/c1-12-21(28)27-15-18-13-19(25(8,9)16-23(2,3)4)22(29)20(14-18)26(10,11)17-24(5,6)7/h12-14,29H,1,15-17H2,2-11H3,(H,27,28). The summed E-state index contributed by atoms with van der Waals surface area (Å²) in [6.45, 7) is 26.1. The lowest BCUT2D eigenvalue weighted by Crippen LogP contribution is -2.29. The van der Waals surface area contributed by atoms with Gasteiger partial charge in [-0.25, -0.2) is 0 Å². The Hall–Kier alpha value is -1.77. The molecule has 0 atom stereocenters. The second-order valence-electron chi connectivity index (χ2n) is 12.2. The molecule has 0 aliphatic carbocycles. The molecule has 0 aliphatic rings. The fourth-order valence-electron chi connectivity index (χ4n) is 4.93. The lowest BCUT2D eigenvalue weighted by Gasteiger charge is -2.37. The topological polar surface area (TPSA) is 49.3 Å². The van der Waals surface area contributed by atoms with Crippen LogP contribution < -0.4 is 5.32 Å².